The van der Waals surface area contributed by atoms with Crippen molar-refractivity contribution < 1.29 is 24.2 Å². The van der Waals surface area contributed by atoms with Gasteiger partial charge in [0, 0.05) is 50.5 Å². The van der Waals surface area contributed by atoms with Gasteiger partial charge in [-0.2, -0.15) is 0 Å². The summed E-state index contributed by atoms with van der Waals surface area (Å²) >= 11 is 0. The van der Waals surface area contributed by atoms with Crippen LogP contribution in [0.15, 0.2) is 72.8 Å². The molecule has 9 heteroatoms. The topological polar surface area (TPSA) is 126 Å². The fourth-order valence-electron chi connectivity index (χ4n) is 8.91. The highest BCUT2D eigenvalue weighted by Crippen LogP contribution is 2.53. The number of unbranched alkanes of at least 4 members (excludes halogenated alkanes) is 3. The number of hydrogen-bond acceptors (Lipinski definition) is 7. The third-order valence-corrected chi connectivity index (χ3v) is 11.1. The number of nitrogens with one attached hydrogen (secondary N) is 2. The molecule has 5 N–H and O–H groups in total. The first-order valence-electron chi connectivity index (χ1n) is 19.2. The molecule has 1 aliphatic carbocycles. The number of likely N-dealkylation sites (tertiary alicyclic amines) is 1. The molecule has 2 heterocycles. The van der Waals surface area contributed by atoms with Crippen LogP contribution in [-0.2, 0) is 32.2 Å². The van der Waals surface area contributed by atoms with Gasteiger partial charge in [0.1, 0.15) is 0 Å². The molecule has 2 saturated heterocycles. The number of benzene rings is 3. The van der Waals surface area contributed by atoms with Gasteiger partial charge in [0.05, 0.1) is 30.2 Å². The number of anilines is 2. The standard InChI is InChI=1S/C43H58N4O5/c1-42(2)23-34-24-43(3,28-42)29-47(34)26-35-22-38(32-18-16-31(27-48)17-19-32)52-41(51-35)33-20-14-30(15-21-33)25-45-39(49)12-6-4-5-7-13-40(50)46-37-11-9-8-10-36(37)44/h8-11,14-21,34-35,38,41,48H,4-7,12-13,22-29,44H2,1-3H3,(H,45,49)(H,46,50). The van der Waals surface area contributed by atoms with E-state index in [4.69, 9.17) is 15.2 Å². The minimum absolute atomic E-state index is 0.0203. The number of amides is 2. The van der Waals surface area contributed by atoms with E-state index in [1.807, 2.05) is 36.4 Å². The summed E-state index contributed by atoms with van der Waals surface area (Å²) in [6.07, 6.45) is 8.20. The van der Waals surface area contributed by atoms with E-state index in [1.165, 1.54) is 19.3 Å². The molecule has 0 aromatic heterocycles. The van der Waals surface area contributed by atoms with Crippen molar-refractivity contribution in [2.24, 2.45) is 10.8 Å². The molecule has 2 bridgehead atoms. The van der Waals surface area contributed by atoms with Gasteiger partial charge >= 0.3 is 0 Å². The largest absolute Gasteiger partial charge is 0.397 e. The van der Waals surface area contributed by atoms with Gasteiger partial charge in [0.15, 0.2) is 6.29 Å². The van der Waals surface area contributed by atoms with Crippen LogP contribution in [0.1, 0.15) is 120 Å². The lowest BCUT2D eigenvalue weighted by molar-refractivity contribution is -0.253. The maximum absolute atomic E-state index is 12.6. The highest BCUT2D eigenvalue weighted by molar-refractivity contribution is 5.93. The fourth-order valence-corrected chi connectivity index (χ4v) is 8.91. The summed E-state index contributed by atoms with van der Waals surface area (Å²) in [5.41, 5.74) is 11.8. The van der Waals surface area contributed by atoms with E-state index >= 15 is 0 Å². The van der Waals surface area contributed by atoms with Crippen LogP contribution in [0.3, 0.4) is 0 Å². The molecule has 5 atom stereocenters. The van der Waals surface area contributed by atoms with Crippen molar-refractivity contribution in [1.82, 2.24) is 10.2 Å². The van der Waals surface area contributed by atoms with E-state index in [1.54, 1.807) is 12.1 Å². The Morgan fingerprint density at radius 2 is 1.52 bits per heavy atom. The number of aliphatic hydroxyl groups is 1. The number of aliphatic hydroxyl groups excluding tert-OH is 1. The maximum atomic E-state index is 12.6. The van der Waals surface area contributed by atoms with E-state index in [0.29, 0.717) is 47.6 Å². The Labute approximate surface area is 309 Å². The zero-order valence-electron chi connectivity index (χ0n) is 31.2. The maximum Gasteiger partial charge on any atom is 0.224 e. The molecule has 0 spiro atoms. The van der Waals surface area contributed by atoms with E-state index in [0.717, 1.165) is 67.4 Å². The van der Waals surface area contributed by atoms with E-state index in [2.05, 4.69) is 60.6 Å². The molecule has 280 valence electrons. The third kappa shape index (κ3) is 10.2. The van der Waals surface area contributed by atoms with Crippen LogP contribution in [0.4, 0.5) is 11.4 Å². The Balaban J connectivity index is 0.972. The Morgan fingerprint density at radius 1 is 0.846 bits per heavy atom. The normalized spacial score (nSPS) is 25.5. The third-order valence-electron chi connectivity index (χ3n) is 11.1. The molecule has 2 amide bonds. The fraction of sp³-hybridized carbons (Fsp3) is 0.535. The second-order valence-electron chi connectivity index (χ2n) is 16.6. The van der Waals surface area contributed by atoms with Gasteiger partial charge < -0.3 is 30.9 Å². The SMILES string of the molecule is CC1(C)CC2CC(C)(CN2CC2CC(c3ccc(CO)cc3)OC(c3ccc(CNC(=O)CCCCCCC(=O)Nc4ccccc4N)cc3)O2)C1. The van der Waals surface area contributed by atoms with Gasteiger partial charge in [-0.3, -0.25) is 14.5 Å². The van der Waals surface area contributed by atoms with Gasteiger partial charge in [-0.25, -0.2) is 0 Å². The van der Waals surface area contributed by atoms with E-state index in [9.17, 15) is 14.7 Å². The number of fused-ring (bicyclic) bond motifs is 2. The summed E-state index contributed by atoms with van der Waals surface area (Å²) in [5, 5.41) is 15.5. The molecule has 3 aromatic rings. The number of carbonyl (C=O) groups excluding carboxylic acids is 2. The van der Waals surface area contributed by atoms with Crippen molar-refractivity contribution in [3.05, 3.63) is 95.1 Å². The zero-order chi connectivity index (χ0) is 36.7. The van der Waals surface area contributed by atoms with Crippen LogP contribution in [0.25, 0.3) is 0 Å². The van der Waals surface area contributed by atoms with Crippen molar-refractivity contribution in [3.8, 4) is 0 Å². The number of ether oxygens (including phenoxy) is 2. The molecule has 6 rings (SSSR count). The van der Waals surface area contributed by atoms with Gasteiger partial charge in [-0.05, 0) is 71.8 Å². The number of para-hydroxylation sites is 2. The van der Waals surface area contributed by atoms with Crippen LogP contribution in [0.2, 0.25) is 0 Å². The lowest BCUT2D eigenvalue weighted by atomic mass is 9.65. The van der Waals surface area contributed by atoms with Crippen molar-refractivity contribution in [1.29, 1.82) is 0 Å². The van der Waals surface area contributed by atoms with Crippen LogP contribution in [0, 0.1) is 10.8 Å². The number of nitrogens with two attached hydrogens (primary N) is 1. The van der Waals surface area contributed by atoms with Gasteiger partial charge in [-0.1, -0.05) is 94.3 Å². The molecular formula is C43H58N4O5. The second kappa shape index (κ2) is 16.9. The van der Waals surface area contributed by atoms with Crippen LogP contribution >= 0.6 is 0 Å². The van der Waals surface area contributed by atoms with Crippen LogP contribution in [0.5, 0.6) is 0 Å². The van der Waals surface area contributed by atoms with Crippen molar-refractivity contribution >= 4 is 23.2 Å². The molecule has 0 radical (unpaired) electrons. The molecule has 52 heavy (non-hydrogen) atoms. The first-order chi connectivity index (χ1) is 25.0. The minimum Gasteiger partial charge on any atom is -0.397 e. The van der Waals surface area contributed by atoms with Crippen LogP contribution < -0.4 is 16.4 Å². The Bertz CT molecular complexity index is 1640. The molecule has 3 aromatic carbocycles. The average Bonchev–Trinajstić information content (AvgIpc) is 3.36. The first-order valence-corrected chi connectivity index (χ1v) is 19.2. The summed E-state index contributed by atoms with van der Waals surface area (Å²) in [5.74, 6) is -0.0129. The zero-order valence-corrected chi connectivity index (χ0v) is 31.2. The van der Waals surface area contributed by atoms with Crippen LogP contribution in [-0.4, -0.2) is 47.1 Å². The summed E-state index contributed by atoms with van der Waals surface area (Å²) in [6, 6.07) is 24.1. The minimum atomic E-state index is -0.499. The van der Waals surface area contributed by atoms with Crippen molar-refractivity contribution in [2.45, 2.75) is 123 Å². The first kappa shape index (κ1) is 38.0. The van der Waals surface area contributed by atoms with Crippen molar-refractivity contribution in [2.75, 3.05) is 24.1 Å². The second-order valence-corrected chi connectivity index (χ2v) is 16.6. The lowest BCUT2D eigenvalue weighted by Gasteiger charge is -2.41. The average molecular weight is 711 g/mol. The quantitative estimate of drug-likeness (QED) is 0.0937. The molecule has 3 fully saturated rings. The van der Waals surface area contributed by atoms with Gasteiger partial charge in [0.25, 0.3) is 0 Å². The number of nitrogen functional groups attached to an aromatic ring is 1. The monoisotopic (exact) mass is 710 g/mol. The number of carbonyl (C=O) groups is 2. The summed E-state index contributed by atoms with van der Waals surface area (Å²) in [7, 11) is 0. The Hall–Kier alpha value is -3.76. The summed E-state index contributed by atoms with van der Waals surface area (Å²) in [4.78, 5) is 27.5. The predicted molar refractivity (Wildman–Crippen MR) is 205 cm³/mol. The number of rotatable bonds is 15. The predicted octanol–water partition coefficient (Wildman–Crippen LogP) is 7.80. The molecule has 5 unspecified atom stereocenters. The molecule has 1 saturated carbocycles. The molecule has 2 aliphatic heterocycles. The smallest absolute Gasteiger partial charge is 0.224 e. The molecular weight excluding hydrogens is 652 g/mol. The highest BCUT2D eigenvalue weighted by atomic mass is 16.7. The number of nitrogens with zero attached hydrogens (tertiary/aromatic N) is 1. The summed E-state index contributed by atoms with van der Waals surface area (Å²) < 4.78 is 13.3. The van der Waals surface area contributed by atoms with Crippen molar-refractivity contribution in [3.63, 3.8) is 0 Å². The Morgan fingerprint density at radius 3 is 2.23 bits per heavy atom. The van der Waals surface area contributed by atoms with Gasteiger partial charge in [0.2, 0.25) is 11.8 Å². The van der Waals surface area contributed by atoms with E-state index < -0.39 is 6.29 Å². The summed E-state index contributed by atoms with van der Waals surface area (Å²) in [6.45, 7) is 9.79. The Kier molecular flexibility index (Phi) is 12.4. The molecule has 9 nitrogen and oxygen atoms in total. The molecule has 3 aliphatic rings. The highest BCUT2D eigenvalue weighted by Gasteiger charge is 2.50. The van der Waals surface area contributed by atoms with Gasteiger partial charge in [-0.15, -0.1) is 0 Å². The van der Waals surface area contributed by atoms with E-state index in [-0.39, 0.29) is 30.6 Å². The number of hydrogen-bond donors (Lipinski definition) is 4. The lowest BCUT2D eigenvalue weighted by Crippen LogP contribution is -2.42.